The van der Waals surface area contributed by atoms with Crippen LogP contribution in [0.4, 0.5) is 0 Å². The first-order valence-corrected chi connectivity index (χ1v) is 7.68. The van der Waals surface area contributed by atoms with E-state index in [-0.39, 0.29) is 22.6 Å². The van der Waals surface area contributed by atoms with Crippen molar-refractivity contribution in [2.45, 2.75) is 24.5 Å². The van der Waals surface area contributed by atoms with Crippen molar-refractivity contribution < 1.29 is 13.5 Å². The minimum Gasteiger partial charge on any atom is -0.392 e. The molecule has 2 N–H and O–H groups in total. The van der Waals surface area contributed by atoms with Gasteiger partial charge in [0.15, 0.2) is 0 Å². The molecule has 1 rings (SSSR count). The highest BCUT2D eigenvalue weighted by atomic mass is 35.5. The molecule has 1 unspecified atom stereocenters. The van der Waals surface area contributed by atoms with Crippen molar-refractivity contribution in [3.63, 3.8) is 0 Å². The number of rotatable bonds is 6. The Kier molecular flexibility index (Phi) is 5.76. The third kappa shape index (κ3) is 4.74. The van der Waals surface area contributed by atoms with Gasteiger partial charge in [0, 0.05) is 17.6 Å². The van der Waals surface area contributed by atoms with Crippen LogP contribution in [-0.2, 0) is 16.6 Å². The third-order valence-corrected chi connectivity index (χ3v) is 4.44. The number of halogens is 1. The number of aliphatic hydroxyl groups excluding tert-OH is 1. The molecular formula is C12H19ClN2O3S. The lowest BCUT2D eigenvalue weighted by Gasteiger charge is -2.18. The second-order valence-electron chi connectivity index (χ2n) is 4.70. The number of likely N-dealkylation sites (N-methyl/N-ethyl adjacent to an activating group) is 1. The molecule has 5 nitrogen and oxygen atoms in total. The molecule has 1 aromatic rings. The van der Waals surface area contributed by atoms with E-state index in [1.807, 2.05) is 19.0 Å². The van der Waals surface area contributed by atoms with Crippen molar-refractivity contribution in [3.8, 4) is 0 Å². The zero-order chi connectivity index (χ0) is 14.6. The van der Waals surface area contributed by atoms with Gasteiger partial charge in [0.2, 0.25) is 10.0 Å². The summed E-state index contributed by atoms with van der Waals surface area (Å²) < 4.78 is 26.8. The molecule has 0 bridgehead atoms. The van der Waals surface area contributed by atoms with Gasteiger partial charge >= 0.3 is 0 Å². The molecule has 1 atom stereocenters. The van der Waals surface area contributed by atoms with Crippen LogP contribution in [0, 0.1) is 0 Å². The van der Waals surface area contributed by atoms with Gasteiger partial charge in [-0.05, 0) is 38.7 Å². The molecule has 0 saturated carbocycles. The van der Waals surface area contributed by atoms with Gasteiger partial charge in [0.25, 0.3) is 0 Å². The molecule has 0 radical (unpaired) electrons. The van der Waals surface area contributed by atoms with Gasteiger partial charge < -0.3 is 10.0 Å². The first-order chi connectivity index (χ1) is 8.76. The number of sulfonamides is 1. The molecule has 0 fully saturated rings. The van der Waals surface area contributed by atoms with Crippen LogP contribution in [0.15, 0.2) is 23.1 Å². The summed E-state index contributed by atoms with van der Waals surface area (Å²) in [7, 11) is 0.150. The minimum atomic E-state index is -3.60. The van der Waals surface area contributed by atoms with Gasteiger partial charge in [-0.2, -0.15) is 0 Å². The highest BCUT2D eigenvalue weighted by Crippen LogP contribution is 2.21. The maximum atomic E-state index is 12.1. The number of nitrogens with zero attached hydrogens (tertiary/aromatic N) is 1. The van der Waals surface area contributed by atoms with E-state index in [2.05, 4.69) is 4.72 Å². The maximum Gasteiger partial charge on any atom is 0.240 e. The predicted molar refractivity (Wildman–Crippen MR) is 75.7 cm³/mol. The molecule has 7 heteroatoms. The Hall–Kier alpha value is -0.660. The standard InChI is InChI=1S/C12H19ClN2O3S/c1-9(7-15(2)3)14-19(17,18)11-5-4-10(8-16)12(13)6-11/h4-6,9,14,16H,7-8H2,1-3H3. The second-order valence-corrected chi connectivity index (χ2v) is 6.82. The lowest BCUT2D eigenvalue weighted by Crippen LogP contribution is -2.39. The average molecular weight is 307 g/mol. The maximum absolute atomic E-state index is 12.1. The van der Waals surface area contributed by atoms with Crippen molar-refractivity contribution in [1.29, 1.82) is 0 Å². The summed E-state index contributed by atoms with van der Waals surface area (Å²) in [5.74, 6) is 0. The van der Waals surface area contributed by atoms with E-state index in [9.17, 15) is 8.42 Å². The fourth-order valence-electron chi connectivity index (χ4n) is 1.74. The Labute approximate surface area is 119 Å². The van der Waals surface area contributed by atoms with E-state index in [4.69, 9.17) is 16.7 Å². The third-order valence-electron chi connectivity index (χ3n) is 2.50. The summed E-state index contributed by atoms with van der Waals surface area (Å²) in [6.07, 6.45) is 0. The van der Waals surface area contributed by atoms with Crippen molar-refractivity contribution in [2.24, 2.45) is 0 Å². The van der Waals surface area contributed by atoms with Crippen molar-refractivity contribution in [3.05, 3.63) is 28.8 Å². The van der Waals surface area contributed by atoms with Crippen LogP contribution in [0.2, 0.25) is 5.02 Å². The van der Waals surface area contributed by atoms with Crippen molar-refractivity contribution in [2.75, 3.05) is 20.6 Å². The summed E-state index contributed by atoms with van der Waals surface area (Å²) in [5, 5.41) is 9.24. The van der Waals surface area contributed by atoms with Crippen LogP contribution in [0.5, 0.6) is 0 Å². The molecule has 19 heavy (non-hydrogen) atoms. The van der Waals surface area contributed by atoms with E-state index in [1.54, 1.807) is 6.92 Å². The van der Waals surface area contributed by atoms with Crippen molar-refractivity contribution >= 4 is 21.6 Å². The molecular weight excluding hydrogens is 288 g/mol. The van der Waals surface area contributed by atoms with Crippen LogP contribution in [0.1, 0.15) is 12.5 Å². The van der Waals surface area contributed by atoms with Crippen LogP contribution >= 0.6 is 11.6 Å². The summed E-state index contributed by atoms with van der Waals surface area (Å²) in [6.45, 7) is 2.17. The van der Waals surface area contributed by atoms with Crippen LogP contribution in [-0.4, -0.2) is 45.1 Å². The summed E-state index contributed by atoms with van der Waals surface area (Å²) >= 11 is 5.90. The molecule has 0 aliphatic carbocycles. The van der Waals surface area contributed by atoms with E-state index < -0.39 is 10.0 Å². The molecule has 0 aromatic heterocycles. The van der Waals surface area contributed by atoms with E-state index in [0.29, 0.717) is 12.1 Å². The van der Waals surface area contributed by atoms with Crippen LogP contribution < -0.4 is 4.72 Å². The van der Waals surface area contributed by atoms with Crippen LogP contribution in [0.3, 0.4) is 0 Å². The highest BCUT2D eigenvalue weighted by Gasteiger charge is 2.18. The molecule has 0 aliphatic heterocycles. The van der Waals surface area contributed by atoms with E-state index in [1.165, 1.54) is 18.2 Å². The van der Waals surface area contributed by atoms with E-state index in [0.717, 1.165) is 0 Å². The molecule has 1 aromatic carbocycles. The number of hydrogen-bond donors (Lipinski definition) is 2. The Morgan fingerprint density at radius 3 is 2.53 bits per heavy atom. The van der Waals surface area contributed by atoms with Gasteiger partial charge in [-0.1, -0.05) is 17.7 Å². The summed E-state index contributed by atoms with van der Waals surface area (Å²) in [4.78, 5) is 2.00. The number of nitrogens with one attached hydrogen (secondary N) is 1. The van der Waals surface area contributed by atoms with Crippen molar-refractivity contribution in [1.82, 2.24) is 9.62 Å². The molecule has 0 spiro atoms. The van der Waals surface area contributed by atoms with E-state index >= 15 is 0 Å². The van der Waals surface area contributed by atoms with Gasteiger partial charge in [-0.15, -0.1) is 0 Å². The Bertz CT molecular complexity index is 532. The smallest absolute Gasteiger partial charge is 0.240 e. The summed E-state index contributed by atoms with van der Waals surface area (Å²) in [6, 6.07) is 4.07. The first-order valence-electron chi connectivity index (χ1n) is 5.82. The largest absolute Gasteiger partial charge is 0.392 e. The second kappa shape index (κ2) is 6.67. The Balaban J connectivity index is 2.91. The number of hydrogen-bond acceptors (Lipinski definition) is 4. The summed E-state index contributed by atoms with van der Waals surface area (Å²) in [5.41, 5.74) is 0.502. The fourth-order valence-corrected chi connectivity index (χ4v) is 3.31. The number of aliphatic hydroxyl groups is 1. The lowest BCUT2D eigenvalue weighted by atomic mass is 10.2. The van der Waals surface area contributed by atoms with Gasteiger partial charge in [0.1, 0.15) is 0 Å². The normalized spacial score (nSPS) is 13.8. The fraction of sp³-hybridized carbons (Fsp3) is 0.500. The average Bonchev–Trinajstić information content (AvgIpc) is 2.26. The zero-order valence-electron chi connectivity index (χ0n) is 11.2. The van der Waals surface area contributed by atoms with Gasteiger partial charge in [0.05, 0.1) is 11.5 Å². The highest BCUT2D eigenvalue weighted by molar-refractivity contribution is 7.89. The molecule has 0 saturated heterocycles. The molecule has 0 aliphatic rings. The van der Waals surface area contributed by atoms with Gasteiger partial charge in [-0.3, -0.25) is 0 Å². The quantitative estimate of drug-likeness (QED) is 0.824. The monoisotopic (exact) mass is 306 g/mol. The SMILES string of the molecule is CC(CN(C)C)NS(=O)(=O)c1ccc(CO)c(Cl)c1. The topological polar surface area (TPSA) is 69.6 Å². The van der Waals surface area contributed by atoms with Crippen LogP contribution in [0.25, 0.3) is 0 Å². The molecule has 0 heterocycles. The first kappa shape index (κ1) is 16.4. The number of benzene rings is 1. The zero-order valence-corrected chi connectivity index (χ0v) is 12.8. The molecule has 108 valence electrons. The predicted octanol–water partition coefficient (Wildman–Crippen LogP) is 1.06. The molecule has 0 amide bonds. The minimum absolute atomic E-state index is 0.0975. The Morgan fingerprint density at radius 1 is 1.42 bits per heavy atom. The Morgan fingerprint density at radius 2 is 2.05 bits per heavy atom. The lowest BCUT2D eigenvalue weighted by molar-refractivity contribution is 0.282. The van der Waals surface area contributed by atoms with Gasteiger partial charge in [-0.25, -0.2) is 13.1 Å².